The minimum absolute atomic E-state index is 0.100. The Labute approximate surface area is 147 Å². The molecule has 0 aliphatic carbocycles. The second-order valence-corrected chi connectivity index (χ2v) is 8.40. The zero-order valence-electron chi connectivity index (χ0n) is 15.7. The lowest BCUT2D eigenvalue weighted by molar-refractivity contribution is 0.423. The quantitative estimate of drug-likeness (QED) is 0.708. The van der Waals surface area contributed by atoms with Crippen LogP contribution in [0.2, 0.25) is 0 Å². The zero-order chi connectivity index (χ0) is 18.0. The highest BCUT2D eigenvalue weighted by Crippen LogP contribution is 2.40. The van der Waals surface area contributed by atoms with E-state index in [9.17, 15) is 5.11 Å². The van der Waals surface area contributed by atoms with Gasteiger partial charge in [-0.25, -0.2) is 0 Å². The van der Waals surface area contributed by atoms with Gasteiger partial charge in [0.05, 0.1) is 0 Å². The Kier molecular flexibility index (Phi) is 5.22. The summed E-state index contributed by atoms with van der Waals surface area (Å²) in [6.45, 7) is 12.8. The van der Waals surface area contributed by atoms with Crippen LogP contribution in [-0.2, 0) is 10.8 Å². The summed E-state index contributed by atoms with van der Waals surface area (Å²) in [6.07, 6.45) is 6.28. The first-order valence-electron chi connectivity index (χ1n) is 8.53. The summed E-state index contributed by atoms with van der Waals surface area (Å²) in [4.78, 5) is 0. The molecule has 127 valence electrons. The van der Waals surface area contributed by atoms with E-state index in [2.05, 4.69) is 84.4 Å². The van der Waals surface area contributed by atoms with E-state index in [1.807, 2.05) is 18.2 Å². The molecule has 0 amide bonds. The Hall–Kier alpha value is -2.02. The number of phenolic OH excluding ortho intramolecular Hbond substituents is 1. The van der Waals surface area contributed by atoms with Crippen molar-refractivity contribution in [2.24, 2.45) is 0 Å². The number of aromatic hydroxyl groups is 1. The van der Waals surface area contributed by atoms with Gasteiger partial charge in [-0.1, -0.05) is 96.2 Å². The van der Waals surface area contributed by atoms with Crippen LogP contribution in [0.1, 0.15) is 63.8 Å². The van der Waals surface area contributed by atoms with Crippen LogP contribution in [0.25, 0.3) is 6.08 Å². The zero-order valence-corrected chi connectivity index (χ0v) is 15.7. The largest absolute Gasteiger partial charge is 0.507 e. The monoisotopic (exact) mass is 321 g/mol. The molecule has 0 aromatic heterocycles. The topological polar surface area (TPSA) is 20.2 Å². The van der Waals surface area contributed by atoms with Crippen molar-refractivity contribution in [3.8, 4) is 5.75 Å². The fraction of sp³-hybridized carbons (Fsp3) is 0.348. The molecule has 0 spiro atoms. The lowest BCUT2D eigenvalue weighted by atomic mass is 9.78. The summed E-state index contributed by atoms with van der Waals surface area (Å²) >= 11 is 0. The van der Waals surface area contributed by atoms with E-state index in [1.165, 1.54) is 5.56 Å². The minimum Gasteiger partial charge on any atom is -0.507 e. The molecule has 0 aliphatic heterocycles. The van der Waals surface area contributed by atoms with Crippen molar-refractivity contribution in [2.75, 3.05) is 0 Å². The number of rotatable bonds is 3. The number of phenols is 1. The van der Waals surface area contributed by atoms with E-state index in [1.54, 1.807) is 0 Å². The Morgan fingerprint density at radius 1 is 0.750 bits per heavy atom. The predicted octanol–water partition coefficient (Wildman–Crippen LogP) is 6.25. The van der Waals surface area contributed by atoms with Crippen LogP contribution in [0.5, 0.6) is 5.75 Å². The van der Waals surface area contributed by atoms with E-state index in [4.69, 9.17) is 0 Å². The van der Waals surface area contributed by atoms with Crippen molar-refractivity contribution in [1.29, 1.82) is 0 Å². The molecule has 2 aromatic rings. The molecule has 0 bridgehead atoms. The molecule has 24 heavy (non-hydrogen) atoms. The molecule has 2 aromatic carbocycles. The Bertz CT molecular complexity index is 675. The molecule has 1 nitrogen and oxygen atoms in total. The maximum Gasteiger partial charge on any atom is 0.123 e. The third-order valence-corrected chi connectivity index (χ3v) is 4.13. The Balaban J connectivity index is 2.38. The van der Waals surface area contributed by atoms with Gasteiger partial charge < -0.3 is 5.11 Å². The van der Waals surface area contributed by atoms with Gasteiger partial charge in [-0.3, -0.25) is 0 Å². The average molecular weight is 321 g/mol. The van der Waals surface area contributed by atoms with Gasteiger partial charge in [0.15, 0.2) is 0 Å². The SMILES string of the molecule is CC(C)(C)c1cc([CH]C=Cc2ccccc2)cc(C(C)(C)C)c1O. The van der Waals surface area contributed by atoms with E-state index in [0.29, 0.717) is 5.75 Å². The molecule has 0 saturated heterocycles. The number of hydrogen-bond donors (Lipinski definition) is 1. The highest BCUT2D eigenvalue weighted by Gasteiger charge is 2.26. The maximum absolute atomic E-state index is 10.8. The van der Waals surface area contributed by atoms with Crippen molar-refractivity contribution in [1.82, 2.24) is 0 Å². The summed E-state index contributed by atoms with van der Waals surface area (Å²) < 4.78 is 0. The molecule has 0 aliphatic rings. The third kappa shape index (κ3) is 4.50. The molecule has 0 saturated carbocycles. The van der Waals surface area contributed by atoms with Crippen LogP contribution < -0.4 is 0 Å². The van der Waals surface area contributed by atoms with Crippen LogP contribution >= 0.6 is 0 Å². The molecule has 1 radical (unpaired) electrons. The van der Waals surface area contributed by atoms with Crippen LogP contribution in [0, 0.1) is 6.42 Å². The van der Waals surface area contributed by atoms with Gasteiger partial charge in [-0.05, 0) is 33.1 Å². The van der Waals surface area contributed by atoms with E-state index >= 15 is 0 Å². The van der Waals surface area contributed by atoms with E-state index in [-0.39, 0.29) is 10.8 Å². The molecule has 0 atom stereocenters. The van der Waals surface area contributed by atoms with Gasteiger partial charge >= 0.3 is 0 Å². The highest BCUT2D eigenvalue weighted by atomic mass is 16.3. The average Bonchev–Trinajstić information content (AvgIpc) is 2.47. The predicted molar refractivity (Wildman–Crippen MR) is 104 cm³/mol. The molecule has 1 heteroatoms. The van der Waals surface area contributed by atoms with Crippen LogP contribution in [0.3, 0.4) is 0 Å². The fourth-order valence-electron chi connectivity index (χ4n) is 2.73. The van der Waals surface area contributed by atoms with Gasteiger partial charge in [0.25, 0.3) is 0 Å². The molecule has 2 rings (SSSR count). The number of hydrogen-bond acceptors (Lipinski definition) is 1. The summed E-state index contributed by atoms with van der Waals surface area (Å²) in [5.41, 5.74) is 4.09. The van der Waals surface area contributed by atoms with Gasteiger partial charge in [0.2, 0.25) is 0 Å². The first-order valence-corrected chi connectivity index (χ1v) is 8.53. The van der Waals surface area contributed by atoms with Crippen molar-refractivity contribution >= 4 is 6.08 Å². The number of benzene rings is 2. The molecule has 0 fully saturated rings. The van der Waals surface area contributed by atoms with Gasteiger partial charge in [0.1, 0.15) is 5.75 Å². The standard InChI is InChI=1S/C23H29O/c1-22(2,3)19-15-18(16-20(21(19)24)23(4,5)6)14-10-13-17-11-8-7-9-12-17/h7-16,24H,1-6H3. The summed E-state index contributed by atoms with van der Waals surface area (Å²) in [5.74, 6) is 0.430. The minimum atomic E-state index is -0.100. The molecule has 1 N–H and O–H groups in total. The van der Waals surface area contributed by atoms with Crippen molar-refractivity contribution < 1.29 is 5.11 Å². The van der Waals surface area contributed by atoms with E-state index < -0.39 is 0 Å². The fourth-order valence-corrected chi connectivity index (χ4v) is 2.73. The van der Waals surface area contributed by atoms with Crippen LogP contribution in [0.15, 0.2) is 48.5 Å². The Morgan fingerprint density at radius 2 is 1.25 bits per heavy atom. The lowest BCUT2D eigenvalue weighted by Crippen LogP contribution is -2.17. The summed E-state index contributed by atoms with van der Waals surface area (Å²) in [7, 11) is 0. The maximum atomic E-state index is 10.8. The second kappa shape index (κ2) is 6.84. The summed E-state index contributed by atoms with van der Waals surface area (Å²) in [5, 5.41) is 10.8. The molecule has 0 heterocycles. The van der Waals surface area contributed by atoms with Crippen LogP contribution in [0.4, 0.5) is 0 Å². The number of allylic oxidation sites excluding steroid dienone is 1. The first kappa shape index (κ1) is 18.3. The first-order chi connectivity index (χ1) is 11.1. The van der Waals surface area contributed by atoms with Crippen molar-refractivity contribution in [3.63, 3.8) is 0 Å². The van der Waals surface area contributed by atoms with Crippen LogP contribution in [-0.4, -0.2) is 5.11 Å². The molecular formula is C23H29O. The van der Waals surface area contributed by atoms with Crippen molar-refractivity contribution in [3.05, 3.63) is 77.2 Å². The Morgan fingerprint density at radius 3 is 1.71 bits per heavy atom. The third-order valence-electron chi connectivity index (χ3n) is 4.13. The van der Waals surface area contributed by atoms with Crippen molar-refractivity contribution in [2.45, 2.75) is 52.4 Å². The molecule has 0 unspecified atom stereocenters. The second-order valence-electron chi connectivity index (χ2n) is 8.40. The normalized spacial score (nSPS) is 12.8. The van der Waals surface area contributed by atoms with E-state index in [0.717, 1.165) is 16.7 Å². The van der Waals surface area contributed by atoms with Gasteiger partial charge in [0, 0.05) is 6.42 Å². The smallest absolute Gasteiger partial charge is 0.123 e. The highest BCUT2D eigenvalue weighted by molar-refractivity contribution is 5.55. The van der Waals surface area contributed by atoms with Gasteiger partial charge in [-0.15, -0.1) is 0 Å². The summed E-state index contributed by atoms with van der Waals surface area (Å²) in [6, 6.07) is 14.5. The molecular weight excluding hydrogens is 292 g/mol. The van der Waals surface area contributed by atoms with Gasteiger partial charge in [-0.2, -0.15) is 0 Å². The lowest BCUT2D eigenvalue weighted by Gasteiger charge is -2.28.